The van der Waals surface area contributed by atoms with Crippen molar-refractivity contribution >= 4 is 11.8 Å². The number of hydrogen-bond acceptors (Lipinski definition) is 7. The Morgan fingerprint density at radius 3 is 2.45 bits per heavy atom. The maximum atomic E-state index is 13.6. The standard InChI is InChI=1S/C22H32O7/c1-10-7-12(27-5)18(25)20(2)11(10)8-14-21(3)13(9-15(23)29-14)22(4,26)19(28-6)16(24)17(20)21/h7,10-11,13-14,16-17,19,24,26H,8-9H2,1-6H3/t10?,11?,13-,14-,16?,17?,19-,20+,21-,22+/m1/s1. The third-order valence-corrected chi connectivity index (χ3v) is 8.81. The number of methoxy groups -OCH3 is 2. The lowest BCUT2D eigenvalue weighted by molar-refractivity contribution is -0.315. The normalized spacial score (nSPS) is 54.1. The van der Waals surface area contributed by atoms with E-state index in [-0.39, 0.29) is 30.0 Å². The zero-order valence-electron chi connectivity index (χ0n) is 18.0. The summed E-state index contributed by atoms with van der Waals surface area (Å²) in [7, 11) is 2.93. The number of allylic oxidation sites excluding steroid dienone is 2. The average molecular weight is 408 g/mol. The minimum absolute atomic E-state index is 0.00640. The third-order valence-electron chi connectivity index (χ3n) is 8.81. The highest BCUT2D eigenvalue weighted by atomic mass is 16.5. The summed E-state index contributed by atoms with van der Waals surface area (Å²) < 4.78 is 16.8. The van der Waals surface area contributed by atoms with Crippen LogP contribution in [0.3, 0.4) is 0 Å². The van der Waals surface area contributed by atoms with Crippen molar-refractivity contribution < 1.29 is 34.0 Å². The first kappa shape index (κ1) is 20.8. The Bertz CT molecular complexity index is 773. The van der Waals surface area contributed by atoms with Gasteiger partial charge in [0.05, 0.1) is 25.2 Å². The molecule has 4 rings (SSSR count). The summed E-state index contributed by atoms with van der Waals surface area (Å²) in [4.78, 5) is 26.1. The van der Waals surface area contributed by atoms with Gasteiger partial charge in [-0.25, -0.2) is 0 Å². The highest BCUT2D eigenvalue weighted by Crippen LogP contribution is 2.68. The van der Waals surface area contributed by atoms with E-state index in [2.05, 4.69) is 0 Å². The van der Waals surface area contributed by atoms with E-state index < -0.39 is 46.6 Å². The predicted molar refractivity (Wildman–Crippen MR) is 102 cm³/mol. The van der Waals surface area contributed by atoms with Crippen LogP contribution in [-0.4, -0.2) is 60.1 Å². The van der Waals surface area contributed by atoms with E-state index in [4.69, 9.17) is 14.2 Å². The summed E-state index contributed by atoms with van der Waals surface area (Å²) >= 11 is 0. The van der Waals surface area contributed by atoms with Gasteiger partial charge in [0, 0.05) is 29.8 Å². The number of ketones is 1. The predicted octanol–water partition coefficient (Wildman–Crippen LogP) is 1.46. The summed E-state index contributed by atoms with van der Waals surface area (Å²) in [6.45, 7) is 7.50. The molecule has 2 N–H and O–H groups in total. The van der Waals surface area contributed by atoms with Gasteiger partial charge in [-0.05, 0) is 31.3 Å². The Kier molecular flexibility index (Phi) is 4.51. The Hall–Kier alpha value is -1.44. The lowest BCUT2D eigenvalue weighted by Gasteiger charge is -2.69. The topological polar surface area (TPSA) is 102 Å². The fourth-order valence-corrected chi connectivity index (χ4v) is 7.60. The number of aliphatic hydroxyl groups is 2. The highest BCUT2D eigenvalue weighted by molar-refractivity contribution is 5.99. The lowest BCUT2D eigenvalue weighted by Crippen LogP contribution is -2.77. The van der Waals surface area contributed by atoms with Crippen LogP contribution in [0.4, 0.5) is 0 Å². The van der Waals surface area contributed by atoms with E-state index >= 15 is 0 Å². The maximum absolute atomic E-state index is 13.6. The van der Waals surface area contributed by atoms with E-state index in [0.29, 0.717) is 12.2 Å². The van der Waals surface area contributed by atoms with Gasteiger partial charge >= 0.3 is 5.97 Å². The van der Waals surface area contributed by atoms with Crippen LogP contribution >= 0.6 is 0 Å². The first-order chi connectivity index (χ1) is 13.4. The molecule has 0 aromatic carbocycles. The molecule has 1 saturated heterocycles. The molecule has 3 fully saturated rings. The number of rotatable bonds is 2. The molecule has 0 aromatic heterocycles. The number of ether oxygens (including phenoxy) is 3. The Labute approximate surface area is 171 Å². The van der Waals surface area contributed by atoms with Gasteiger partial charge in [0.25, 0.3) is 0 Å². The molecule has 1 aliphatic heterocycles. The van der Waals surface area contributed by atoms with Gasteiger partial charge in [0.2, 0.25) is 5.78 Å². The molecule has 1 heterocycles. The van der Waals surface area contributed by atoms with E-state index in [1.165, 1.54) is 14.2 Å². The fraction of sp³-hybridized carbons (Fsp3) is 0.818. The molecule has 7 heteroatoms. The van der Waals surface area contributed by atoms with Crippen molar-refractivity contribution in [1.29, 1.82) is 0 Å². The van der Waals surface area contributed by atoms with Gasteiger partial charge in [-0.2, -0.15) is 0 Å². The van der Waals surface area contributed by atoms with Crippen LogP contribution in [0.15, 0.2) is 11.8 Å². The molecule has 0 aromatic rings. The molecular weight excluding hydrogens is 376 g/mol. The minimum Gasteiger partial charge on any atom is -0.493 e. The van der Waals surface area contributed by atoms with Crippen LogP contribution in [0.2, 0.25) is 0 Å². The van der Waals surface area contributed by atoms with Crippen LogP contribution < -0.4 is 0 Å². The van der Waals surface area contributed by atoms with E-state index in [1.807, 2.05) is 26.8 Å². The van der Waals surface area contributed by atoms with Gasteiger partial charge in [-0.1, -0.05) is 20.8 Å². The van der Waals surface area contributed by atoms with Crippen molar-refractivity contribution in [3.63, 3.8) is 0 Å². The molecule has 10 atom stereocenters. The number of fused-ring (bicyclic) bond motifs is 2. The lowest BCUT2D eigenvalue weighted by atomic mass is 9.37. The smallest absolute Gasteiger partial charge is 0.306 e. The summed E-state index contributed by atoms with van der Waals surface area (Å²) in [5.74, 6) is -1.37. The second-order valence-corrected chi connectivity index (χ2v) is 10.00. The SMILES string of the molecule is COC1=CC(C)C2C[C@H]3OC(=O)C[C@H]4[C@](C)(O)[C@H](OC)C(O)C([C@@]2(C)C1=O)[C@@]34C. The number of esters is 1. The molecule has 0 radical (unpaired) electrons. The summed E-state index contributed by atoms with van der Waals surface area (Å²) in [5.41, 5.74) is -3.15. The average Bonchev–Trinajstić information content (AvgIpc) is 2.63. The molecule has 7 nitrogen and oxygen atoms in total. The zero-order valence-corrected chi connectivity index (χ0v) is 18.0. The quantitative estimate of drug-likeness (QED) is 0.667. The molecule has 4 aliphatic rings. The van der Waals surface area contributed by atoms with Gasteiger partial charge in [-0.15, -0.1) is 0 Å². The number of carbonyl (C=O) groups excluding carboxylic acids is 2. The number of carbonyl (C=O) groups is 2. The van der Waals surface area contributed by atoms with E-state index in [1.54, 1.807) is 6.92 Å². The van der Waals surface area contributed by atoms with Gasteiger partial charge in [0.1, 0.15) is 12.2 Å². The molecule has 0 bridgehead atoms. The molecule has 2 saturated carbocycles. The van der Waals surface area contributed by atoms with Gasteiger partial charge < -0.3 is 24.4 Å². The molecule has 0 amide bonds. The first-order valence-corrected chi connectivity index (χ1v) is 10.4. The number of Topliss-reactive ketones (excluding diaryl/α,β-unsaturated/α-hetero) is 1. The molecule has 0 spiro atoms. The van der Waals surface area contributed by atoms with Gasteiger partial charge in [-0.3, -0.25) is 9.59 Å². The number of aliphatic hydroxyl groups excluding tert-OH is 1. The van der Waals surface area contributed by atoms with Crippen LogP contribution in [0.25, 0.3) is 0 Å². The second-order valence-electron chi connectivity index (χ2n) is 10.00. The van der Waals surface area contributed by atoms with Crippen molar-refractivity contribution in [3.8, 4) is 0 Å². The monoisotopic (exact) mass is 408 g/mol. The highest BCUT2D eigenvalue weighted by Gasteiger charge is 2.75. The van der Waals surface area contributed by atoms with Crippen molar-refractivity contribution in [3.05, 3.63) is 11.8 Å². The molecule has 29 heavy (non-hydrogen) atoms. The minimum atomic E-state index is -1.44. The summed E-state index contributed by atoms with van der Waals surface area (Å²) in [5, 5.41) is 22.9. The van der Waals surface area contributed by atoms with Crippen LogP contribution in [0.1, 0.15) is 40.5 Å². The summed E-state index contributed by atoms with van der Waals surface area (Å²) in [6.07, 6.45) is -0.141. The molecule has 162 valence electrons. The van der Waals surface area contributed by atoms with Crippen molar-refractivity contribution in [1.82, 2.24) is 0 Å². The van der Waals surface area contributed by atoms with Crippen molar-refractivity contribution in [2.45, 2.75) is 64.4 Å². The third kappa shape index (κ3) is 2.35. The fourth-order valence-electron chi connectivity index (χ4n) is 7.60. The largest absolute Gasteiger partial charge is 0.493 e. The van der Waals surface area contributed by atoms with E-state index in [9.17, 15) is 19.8 Å². The first-order valence-electron chi connectivity index (χ1n) is 10.4. The molecule has 3 aliphatic carbocycles. The maximum Gasteiger partial charge on any atom is 0.306 e. The van der Waals surface area contributed by atoms with Crippen LogP contribution in [0.5, 0.6) is 0 Å². The van der Waals surface area contributed by atoms with Crippen LogP contribution in [0, 0.1) is 34.5 Å². The Balaban J connectivity index is 1.96. The molecule has 4 unspecified atom stereocenters. The molecular formula is C22H32O7. The Morgan fingerprint density at radius 1 is 1.21 bits per heavy atom. The van der Waals surface area contributed by atoms with Crippen molar-refractivity contribution in [2.24, 2.45) is 34.5 Å². The Morgan fingerprint density at radius 2 is 1.86 bits per heavy atom. The van der Waals surface area contributed by atoms with Gasteiger partial charge in [0.15, 0.2) is 5.76 Å². The summed E-state index contributed by atoms with van der Waals surface area (Å²) in [6, 6.07) is 0. The van der Waals surface area contributed by atoms with Crippen LogP contribution in [-0.2, 0) is 23.8 Å². The van der Waals surface area contributed by atoms with E-state index in [0.717, 1.165) is 0 Å². The second kappa shape index (κ2) is 6.28. The van der Waals surface area contributed by atoms with Crippen molar-refractivity contribution in [2.75, 3.05) is 14.2 Å². The number of hydrogen-bond donors (Lipinski definition) is 2. The zero-order chi connectivity index (χ0) is 21.5.